The molecule has 2 nitrogen and oxygen atoms in total. The van der Waals surface area contributed by atoms with Gasteiger partial charge in [-0.05, 0) is 30.3 Å². The fraction of sp³-hybridized carbons (Fsp3) is 0.143. The van der Waals surface area contributed by atoms with Crippen LogP contribution in [0.2, 0.25) is 0 Å². The van der Waals surface area contributed by atoms with Crippen molar-refractivity contribution in [2.24, 2.45) is 0 Å². The Bertz CT molecular complexity index is 536. The van der Waals surface area contributed by atoms with E-state index < -0.39 is 0 Å². The predicted molar refractivity (Wildman–Crippen MR) is 65.5 cm³/mol. The lowest BCUT2D eigenvalue weighted by Crippen LogP contribution is -1.93. The number of rotatable bonds is 1. The van der Waals surface area contributed by atoms with E-state index in [2.05, 4.69) is 16.7 Å². The predicted octanol–water partition coefficient (Wildman–Crippen LogP) is 3.03. The minimum atomic E-state index is 0.0375. The first kappa shape index (κ1) is 11.8. The van der Waals surface area contributed by atoms with Gasteiger partial charge in [0.05, 0.1) is 6.08 Å². The van der Waals surface area contributed by atoms with Crippen LogP contribution in [0, 0.1) is 25.3 Å². The number of carbonyl (C=O) groups is 1. The van der Waals surface area contributed by atoms with Crippen molar-refractivity contribution in [2.75, 3.05) is 0 Å². The van der Waals surface area contributed by atoms with Crippen molar-refractivity contribution in [3.63, 3.8) is 0 Å². The maximum absolute atomic E-state index is 11.2. The molecule has 0 amide bonds. The van der Waals surface area contributed by atoms with Crippen molar-refractivity contribution in [1.29, 1.82) is 0 Å². The van der Waals surface area contributed by atoms with E-state index in [-0.39, 0.29) is 5.78 Å². The highest BCUT2D eigenvalue weighted by atomic mass is 16.1. The van der Waals surface area contributed by atoms with Crippen LogP contribution in [0.5, 0.6) is 0 Å². The van der Waals surface area contributed by atoms with E-state index >= 15 is 0 Å². The van der Waals surface area contributed by atoms with Crippen molar-refractivity contribution in [3.8, 4) is 18.4 Å². The number of nitrogens with zero attached hydrogens (tertiary/aromatic N) is 1. The Hall–Kier alpha value is -2.32. The Morgan fingerprint density at radius 2 is 2.25 bits per heavy atom. The largest absolute Gasteiger partial charge is 0.313 e. The Morgan fingerprint density at radius 1 is 1.50 bits per heavy atom. The van der Waals surface area contributed by atoms with Crippen molar-refractivity contribution < 1.29 is 4.79 Å². The third-order valence-corrected chi connectivity index (χ3v) is 2.09. The molecule has 0 atom stereocenters. The van der Waals surface area contributed by atoms with Gasteiger partial charge in [-0.1, -0.05) is 24.0 Å². The Balaban J connectivity index is 3.07. The van der Waals surface area contributed by atoms with Crippen molar-refractivity contribution in [3.05, 3.63) is 52.0 Å². The van der Waals surface area contributed by atoms with Crippen LogP contribution in [-0.2, 0) is 0 Å². The summed E-state index contributed by atoms with van der Waals surface area (Å²) in [5, 5.41) is 0. The first-order valence-electron chi connectivity index (χ1n) is 4.83. The molecule has 0 saturated heterocycles. The number of aryl methyl sites for hydroxylation is 1. The number of carbonyl (C=O) groups excluding carboxylic acids is 1. The fourth-order valence-electron chi connectivity index (χ4n) is 1.18. The zero-order valence-electron chi connectivity index (χ0n) is 9.32. The smallest absolute Gasteiger partial charge is 0.295 e. The van der Waals surface area contributed by atoms with Gasteiger partial charge in [0.1, 0.15) is 0 Å². The number of benzene rings is 1. The van der Waals surface area contributed by atoms with Gasteiger partial charge in [0.25, 0.3) is 6.57 Å². The second-order valence-electron chi connectivity index (χ2n) is 3.32. The molecule has 1 aromatic rings. The SMILES string of the molecule is C#[N+]C=CC#Cc1cc(C(C)=O)ccc1C. The number of hydrogen-bond acceptors (Lipinski definition) is 1. The highest BCUT2D eigenvalue weighted by Gasteiger charge is 2.01. The van der Waals surface area contributed by atoms with Crippen LogP contribution in [-0.4, -0.2) is 5.78 Å². The molecular formula is C14H12NO+. The van der Waals surface area contributed by atoms with E-state index in [0.29, 0.717) is 5.56 Å². The van der Waals surface area contributed by atoms with Crippen LogP contribution >= 0.6 is 0 Å². The van der Waals surface area contributed by atoms with Gasteiger partial charge < -0.3 is 0 Å². The molecule has 0 aliphatic rings. The quantitative estimate of drug-likeness (QED) is 0.515. The van der Waals surface area contributed by atoms with Gasteiger partial charge in [-0.25, -0.2) is 0 Å². The first-order valence-corrected chi connectivity index (χ1v) is 4.83. The summed E-state index contributed by atoms with van der Waals surface area (Å²) < 4.78 is 0. The number of ketones is 1. The standard InChI is InChI=1S/C14H12NO/c1-11-7-8-14(12(2)16)10-13(11)6-4-5-9-15-3/h3,5,7-10H,1-2H3/q+1. The summed E-state index contributed by atoms with van der Waals surface area (Å²) in [5.74, 6) is 5.77. The molecule has 0 aromatic heterocycles. The molecule has 16 heavy (non-hydrogen) atoms. The lowest BCUT2D eigenvalue weighted by molar-refractivity contribution is 0.101. The average molecular weight is 210 g/mol. The van der Waals surface area contributed by atoms with Gasteiger partial charge in [-0.2, -0.15) is 0 Å². The molecule has 0 saturated carbocycles. The highest BCUT2D eigenvalue weighted by Crippen LogP contribution is 2.10. The molecule has 0 aliphatic carbocycles. The van der Waals surface area contributed by atoms with Gasteiger partial charge in [0.2, 0.25) is 0 Å². The summed E-state index contributed by atoms with van der Waals surface area (Å²) >= 11 is 0. The lowest BCUT2D eigenvalue weighted by atomic mass is 10.0. The van der Waals surface area contributed by atoms with Crippen molar-refractivity contribution in [2.45, 2.75) is 13.8 Å². The zero-order chi connectivity index (χ0) is 12.0. The van der Waals surface area contributed by atoms with Crippen molar-refractivity contribution in [1.82, 2.24) is 0 Å². The summed E-state index contributed by atoms with van der Waals surface area (Å²) in [6.07, 6.45) is 2.97. The Labute approximate surface area is 95.4 Å². The molecule has 0 radical (unpaired) electrons. The summed E-state index contributed by atoms with van der Waals surface area (Å²) in [5.41, 5.74) is 2.55. The monoisotopic (exact) mass is 210 g/mol. The van der Waals surface area contributed by atoms with E-state index in [1.165, 1.54) is 13.1 Å². The van der Waals surface area contributed by atoms with Gasteiger partial charge in [0, 0.05) is 11.1 Å². The van der Waals surface area contributed by atoms with E-state index in [0.717, 1.165) is 11.1 Å². The van der Waals surface area contributed by atoms with Crippen LogP contribution in [0.4, 0.5) is 0 Å². The Kier molecular flexibility index (Phi) is 4.07. The molecular weight excluding hydrogens is 198 g/mol. The minimum Gasteiger partial charge on any atom is -0.295 e. The molecule has 0 aliphatic heterocycles. The van der Waals surface area contributed by atoms with Gasteiger partial charge in [-0.3, -0.25) is 4.79 Å². The summed E-state index contributed by atoms with van der Waals surface area (Å²) in [6, 6.07) is 5.48. The summed E-state index contributed by atoms with van der Waals surface area (Å²) in [7, 11) is 0. The molecule has 1 aromatic carbocycles. The van der Waals surface area contributed by atoms with Gasteiger partial charge in [0.15, 0.2) is 5.78 Å². The van der Waals surface area contributed by atoms with Gasteiger partial charge >= 0.3 is 6.20 Å². The van der Waals surface area contributed by atoms with Crippen LogP contribution in [0.15, 0.2) is 30.5 Å². The molecule has 78 valence electrons. The number of hydrogen-bond donors (Lipinski definition) is 0. The van der Waals surface area contributed by atoms with Crippen LogP contribution in [0.25, 0.3) is 4.85 Å². The maximum Gasteiger partial charge on any atom is 0.313 e. The Morgan fingerprint density at radius 3 is 2.88 bits per heavy atom. The molecule has 1 rings (SSSR count). The first-order chi connectivity index (χ1) is 7.65. The average Bonchev–Trinajstić information content (AvgIpc) is 2.26. The molecule has 0 spiro atoms. The summed E-state index contributed by atoms with van der Waals surface area (Å²) in [4.78, 5) is 14.5. The molecule has 2 heteroatoms. The molecule has 0 unspecified atom stereocenters. The normalized spacial score (nSPS) is 9.31. The van der Waals surface area contributed by atoms with Crippen LogP contribution in [0.3, 0.4) is 0 Å². The third-order valence-electron chi connectivity index (χ3n) is 2.09. The molecule has 0 bridgehead atoms. The fourth-order valence-corrected chi connectivity index (χ4v) is 1.18. The molecule has 0 heterocycles. The molecule has 0 fully saturated rings. The van der Waals surface area contributed by atoms with Crippen LogP contribution < -0.4 is 0 Å². The van der Waals surface area contributed by atoms with Crippen molar-refractivity contribution >= 4 is 5.78 Å². The van der Waals surface area contributed by atoms with Gasteiger partial charge in [-0.15, -0.1) is 0 Å². The topological polar surface area (TPSA) is 21.4 Å². The third kappa shape index (κ3) is 3.12. The lowest BCUT2D eigenvalue weighted by Gasteiger charge is -2.00. The maximum atomic E-state index is 11.2. The number of Topliss-reactive ketones (excluding diaryl/α,β-unsaturated/α-hetero) is 1. The second-order valence-corrected chi connectivity index (χ2v) is 3.32. The highest BCUT2D eigenvalue weighted by molar-refractivity contribution is 5.94. The molecule has 0 N–H and O–H groups in total. The van der Waals surface area contributed by atoms with E-state index in [1.54, 1.807) is 18.2 Å². The van der Waals surface area contributed by atoms with E-state index in [9.17, 15) is 4.79 Å². The summed E-state index contributed by atoms with van der Waals surface area (Å²) in [6.45, 7) is 8.41. The minimum absolute atomic E-state index is 0.0375. The zero-order valence-corrected chi connectivity index (χ0v) is 9.32. The second kappa shape index (κ2) is 5.53. The van der Waals surface area contributed by atoms with E-state index in [4.69, 9.17) is 6.57 Å². The van der Waals surface area contributed by atoms with E-state index in [1.807, 2.05) is 13.0 Å². The number of allylic oxidation sites excluding steroid dienone is 1. The van der Waals surface area contributed by atoms with Crippen LogP contribution in [0.1, 0.15) is 28.4 Å².